The molecule has 3 rings (SSSR count). The quantitative estimate of drug-likeness (QED) is 0.377. The van der Waals surface area contributed by atoms with E-state index in [0.717, 1.165) is 42.6 Å². The summed E-state index contributed by atoms with van der Waals surface area (Å²) < 4.78 is 0. The molecule has 1 unspecified atom stereocenters. The zero-order chi connectivity index (χ0) is 22.4. The second kappa shape index (κ2) is 10.5. The van der Waals surface area contributed by atoms with Gasteiger partial charge in [0.05, 0.1) is 11.4 Å². The number of rotatable bonds is 9. The lowest BCUT2D eigenvalue weighted by atomic mass is 9.97. The van der Waals surface area contributed by atoms with Crippen molar-refractivity contribution in [2.75, 3.05) is 11.4 Å². The van der Waals surface area contributed by atoms with E-state index in [1.165, 1.54) is 4.90 Å². The van der Waals surface area contributed by atoms with E-state index in [9.17, 15) is 9.59 Å². The van der Waals surface area contributed by atoms with Gasteiger partial charge in [0, 0.05) is 30.0 Å². The smallest absolute Gasteiger partial charge is 0.237 e. The lowest BCUT2D eigenvalue weighted by Crippen LogP contribution is -2.30. The number of imide groups is 1. The van der Waals surface area contributed by atoms with Crippen molar-refractivity contribution >= 4 is 23.2 Å². The zero-order valence-corrected chi connectivity index (χ0v) is 19.2. The summed E-state index contributed by atoms with van der Waals surface area (Å²) in [4.78, 5) is 31.7. The maximum Gasteiger partial charge on any atom is 0.237 e. The van der Waals surface area contributed by atoms with Crippen LogP contribution in [0, 0.1) is 17.8 Å². The molecule has 1 fully saturated rings. The maximum absolute atomic E-state index is 12.9. The number of hydrogen-bond donors (Lipinski definition) is 0. The number of carbonyl (C=O) groups excluding carboxylic acids is 2. The SMILES string of the molecule is CC(C)CCCC1CC(=O)N(c2ccc(C(=NCC(C)C)c3ccccc3)cc2)C1=O. The Bertz CT molecular complexity index is 914. The van der Waals surface area contributed by atoms with Crippen molar-refractivity contribution in [2.24, 2.45) is 22.7 Å². The highest BCUT2D eigenvalue weighted by Gasteiger charge is 2.38. The highest BCUT2D eigenvalue weighted by molar-refractivity contribution is 6.21. The lowest BCUT2D eigenvalue weighted by Gasteiger charge is -2.16. The standard InChI is InChI=1S/C27H34N2O2/c1-19(2)9-8-12-23-17-25(30)29(27(23)31)24-15-13-22(14-16-24)26(28-18-20(3)4)21-10-6-5-7-11-21/h5-7,10-11,13-16,19-20,23H,8-9,12,17-18H2,1-4H3. The largest absolute Gasteiger partial charge is 0.284 e. The summed E-state index contributed by atoms with van der Waals surface area (Å²) in [7, 11) is 0. The Hall–Kier alpha value is -2.75. The van der Waals surface area contributed by atoms with Gasteiger partial charge >= 0.3 is 0 Å². The minimum Gasteiger partial charge on any atom is -0.284 e. The number of aliphatic imine (C=N–C) groups is 1. The Morgan fingerprint density at radius 1 is 0.935 bits per heavy atom. The van der Waals surface area contributed by atoms with E-state index >= 15 is 0 Å². The third kappa shape index (κ3) is 5.90. The molecule has 0 spiro atoms. The first-order chi connectivity index (χ1) is 14.9. The molecule has 1 aliphatic heterocycles. The summed E-state index contributed by atoms with van der Waals surface area (Å²) in [6.07, 6.45) is 3.19. The Morgan fingerprint density at radius 2 is 1.58 bits per heavy atom. The van der Waals surface area contributed by atoms with Gasteiger partial charge in [-0.2, -0.15) is 0 Å². The van der Waals surface area contributed by atoms with Crippen LogP contribution in [-0.4, -0.2) is 24.1 Å². The molecule has 1 heterocycles. The van der Waals surface area contributed by atoms with Gasteiger partial charge in [0.25, 0.3) is 0 Å². The van der Waals surface area contributed by atoms with Gasteiger partial charge in [-0.25, -0.2) is 0 Å². The van der Waals surface area contributed by atoms with Gasteiger partial charge in [-0.3, -0.25) is 19.5 Å². The van der Waals surface area contributed by atoms with Gasteiger partial charge in [0.15, 0.2) is 0 Å². The average molecular weight is 419 g/mol. The molecule has 0 N–H and O–H groups in total. The fraction of sp³-hybridized carbons (Fsp3) is 0.444. The Balaban J connectivity index is 1.79. The number of benzene rings is 2. The van der Waals surface area contributed by atoms with Crippen LogP contribution in [-0.2, 0) is 9.59 Å². The van der Waals surface area contributed by atoms with Crippen LogP contribution in [0.2, 0.25) is 0 Å². The molecular weight excluding hydrogens is 384 g/mol. The van der Waals surface area contributed by atoms with Crippen LogP contribution in [0.25, 0.3) is 0 Å². The summed E-state index contributed by atoms with van der Waals surface area (Å²) in [5.74, 6) is 0.748. The number of anilines is 1. The number of hydrogen-bond acceptors (Lipinski definition) is 3. The predicted molar refractivity (Wildman–Crippen MR) is 128 cm³/mol. The molecule has 0 aliphatic carbocycles. The molecule has 0 aromatic heterocycles. The molecule has 1 saturated heterocycles. The van der Waals surface area contributed by atoms with Crippen LogP contribution in [0.1, 0.15) is 64.5 Å². The second-order valence-corrected chi connectivity index (χ2v) is 9.29. The summed E-state index contributed by atoms with van der Waals surface area (Å²) in [5, 5.41) is 0. The van der Waals surface area contributed by atoms with Crippen LogP contribution in [0.4, 0.5) is 5.69 Å². The Morgan fingerprint density at radius 3 is 2.19 bits per heavy atom. The lowest BCUT2D eigenvalue weighted by molar-refractivity contribution is -0.122. The van der Waals surface area contributed by atoms with Gasteiger partial charge < -0.3 is 0 Å². The molecular formula is C27H34N2O2. The molecule has 4 nitrogen and oxygen atoms in total. The molecule has 0 radical (unpaired) electrons. The molecule has 31 heavy (non-hydrogen) atoms. The Labute approximate surface area is 186 Å². The fourth-order valence-corrected chi connectivity index (χ4v) is 3.95. The van der Waals surface area contributed by atoms with Gasteiger partial charge in [-0.15, -0.1) is 0 Å². The van der Waals surface area contributed by atoms with Gasteiger partial charge in [0.2, 0.25) is 11.8 Å². The molecule has 0 saturated carbocycles. The summed E-state index contributed by atoms with van der Waals surface area (Å²) >= 11 is 0. The zero-order valence-electron chi connectivity index (χ0n) is 19.2. The molecule has 2 aromatic rings. The van der Waals surface area contributed by atoms with Crippen molar-refractivity contribution in [3.63, 3.8) is 0 Å². The van der Waals surface area contributed by atoms with Gasteiger partial charge in [0.1, 0.15) is 0 Å². The first-order valence-electron chi connectivity index (χ1n) is 11.4. The average Bonchev–Trinajstić information content (AvgIpc) is 3.02. The van der Waals surface area contributed by atoms with E-state index in [1.54, 1.807) is 0 Å². The summed E-state index contributed by atoms with van der Waals surface area (Å²) in [6.45, 7) is 9.41. The topological polar surface area (TPSA) is 49.7 Å². The van der Waals surface area contributed by atoms with E-state index in [0.29, 0.717) is 23.9 Å². The highest BCUT2D eigenvalue weighted by atomic mass is 16.2. The monoisotopic (exact) mass is 418 g/mol. The van der Waals surface area contributed by atoms with Crippen molar-refractivity contribution in [1.29, 1.82) is 0 Å². The van der Waals surface area contributed by atoms with Crippen LogP contribution in [0.15, 0.2) is 59.6 Å². The van der Waals surface area contributed by atoms with Gasteiger partial charge in [-0.1, -0.05) is 83.0 Å². The van der Waals surface area contributed by atoms with E-state index in [1.807, 2.05) is 42.5 Å². The van der Waals surface area contributed by atoms with Crippen LogP contribution >= 0.6 is 0 Å². The molecule has 1 atom stereocenters. The molecule has 0 bridgehead atoms. The van der Waals surface area contributed by atoms with Crippen molar-refractivity contribution in [2.45, 2.75) is 53.4 Å². The summed E-state index contributed by atoms with van der Waals surface area (Å²) in [5.41, 5.74) is 3.64. The maximum atomic E-state index is 12.9. The third-order valence-electron chi connectivity index (χ3n) is 5.63. The van der Waals surface area contributed by atoms with Crippen LogP contribution in [0.5, 0.6) is 0 Å². The summed E-state index contributed by atoms with van der Waals surface area (Å²) in [6, 6.07) is 17.8. The van der Waals surface area contributed by atoms with Crippen molar-refractivity contribution in [1.82, 2.24) is 0 Å². The van der Waals surface area contributed by atoms with Crippen molar-refractivity contribution in [3.8, 4) is 0 Å². The molecule has 164 valence electrons. The normalized spacial score (nSPS) is 17.3. The molecule has 1 aliphatic rings. The van der Waals surface area contributed by atoms with E-state index in [2.05, 4.69) is 39.8 Å². The second-order valence-electron chi connectivity index (χ2n) is 9.29. The van der Waals surface area contributed by atoms with Crippen LogP contribution < -0.4 is 4.90 Å². The number of carbonyl (C=O) groups is 2. The first kappa shape index (κ1) is 22.9. The molecule has 2 aromatic carbocycles. The van der Waals surface area contributed by atoms with E-state index in [-0.39, 0.29) is 17.7 Å². The van der Waals surface area contributed by atoms with E-state index < -0.39 is 0 Å². The van der Waals surface area contributed by atoms with Crippen LogP contribution in [0.3, 0.4) is 0 Å². The van der Waals surface area contributed by atoms with Crippen molar-refractivity contribution < 1.29 is 9.59 Å². The highest BCUT2D eigenvalue weighted by Crippen LogP contribution is 2.30. The number of nitrogens with zero attached hydrogens (tertiary/aromatic N) is 2. The van der Waals surface area contributed by atoms with E-state index in [4.69, 9.17) is 4.99 Å². The molecule has 4 heteroatoms. The minimum absolute atomic E-state index is 0.0572. The number of amides is 2. The third-order valence-corrected chi connectivity index (χ3v) is 5.63. The van der Waals surface area contributed by atoms with Crippen molar-refractivity contribution in [3.05, 3.63) is 65.7 Å². The minimum atomic E-state index is -0.182. The first-order valence-corrected chi connectivity index (χ1v) is 11.4. The molecule has 2 amide bonds. The fourth-order valence-electron chi connectivity index (χ4n) is 3.95. The Kier molecular flexibility index (Phi) is 7.78. The predicted octanol–water partition coefficient (Wildman–Crippen LogP) is 5.89. The van der Waals surface area contributed by atoms with Gasteiger partial charge in [-0.05, 0) is 30.4 Å².